The minimum absolute atomic E-state index is 0.391. The average molecular weight is 288 g/mol. The summed E-state index contributed by atoms with van der Waals surface area (Å²) in [6, 6.07) is 0. The summed E-state index contributed by atoms with van der Waals surface area (Å²) in [5, 5.41) is 7.19. The van der Waals surface area contributed by atoms with Crippen molar-refractivity contribution in [2.45, 2.75) is 32.1 Å². The van der Waals surface area contributed by atoms with Crippen LogP contribution in [0.5, 0.6) is 0 Å². The Morgan fingerprint density at radius 3 is 2.90 bits per heavy atom. The summed E-state index contributed by atoms with van der Waals surface area (Å²) in [4.78, 5) is 2.32. The van der Waals surface area contributed by atoms with Crippen molar-refractivity contribution in [1.82, 2.24) is 20.0 Å². The maximum Gasteiger partial charge on any atom is 0.408 e. The van der Waals surface area contributed by atoms with E-state index in [-0.39, 0.29) is 0 Å². The van der Waals surface area contributed by atoms with Crippen LogP contribution in [-0.2, 0) is 13.1 Å². The predicted octanol–water partition coefficient (Wildman–Crippen LogP) is 1.63. The van der Waals surface area contributed by atoms with Crippen LogP contribution >= 0.6 is 0 Å². The molecule has 3 heterocycles. The molecule has 2 fully saturated rings. The molecule has 7 heteroatoms. The molecule has 0 saturated carbocycles. The fourth-order valence-electron chi connectivity index (χ4n) is 3.32. The number of rotatable bonds is 3. The molecule has 1 N–H and O–H groups in total. The van der Waals surface area contributed by atoms with Gasteiger partial charge in [0.15, 0.2) is 0 Å². The summed E-state index contributed by atoms with van der Waals surface area (Å²) < 4.78 is 37.8. The van der Waals surface area contributed by atoms with Crippen LogP contribution in [0.4, 0.5) is 13.2 Å². The number of halogens is 3. The summed E-state index contributed by atoms with van der Waals surface area (Å²) in [6.45, 7) is 3.88. The number of aromatic nitrogens is 2. The molecule has 2 aliphatic rings. The highest BCUT2D eigenvalue weighted by Crippen LogP contribution is 2.36. The lowest BCUT2D eigenvalue weighted by Crippen LogP contribution is -2.28. The average Bonchev–Trinajstić information content (AvgIpc) is 3.03. The van der Waals surface area contributed by atoms with Gasteiger partial charge in [0.1, 0.15) is 6.54 Å². The molecular formula is C13H19F3N4. The first-order chi connectivity index (χ1) is 9.44. The topological polar surface area (TPSA) is 33.1 Å². The molecule has 1 aromatic rings. The first-order valence-corrected chi connectivity index (χ1v) is 6.95. The Balaban J connectivity index is 1.56. The van der Waals surface area contributed by atoms with Crippen LogP contribution in [0, 0.1) is 5.41 Å². The molecule has 0 aliphatic carbocycles. The van der Waals surface area contributed by atoms with Crippen LogP contribution in [0.1, 0.15) is 18.4 Å². The van der Waals surface area contributed by atoms with E-state index in [1.54, 1.807) is 6.20 Å². The number of alkyl halides is 3. The zero-order valence-corrected chi connectivity index (χ0v) is 11.3. The van der Waals surface area contributed by atoms with E-state index in [4.69, 9.17) is 0 Å². The maximum atomic E-state index is 12.3. The van der Waals surface area contributed by atoms with Crippen LogP contribution in [0.15, 0.2) is 12.4 Å². The van der Waals surface area contributed by atoms with Gasteiger partial charge in [0.05, 0.1) is 6.20 Å². The van der Waals surface area contributed by atoms with Crippen molar-refractivity contribution in [3.05, 3.63) is 18.0 Å². The van der Waals surface area contributed by atoms with Crippen molar-refractivity contribution in [3.8, 4) is 0 Å². The summed E-state index contributed by atoms with van der Waals surface area (Å²) in [7, 11) is 0. The Hall–Kier alpha value is -1.08. The normalized spacial score (nSPS) is 27.8. The predicted molar refractivity (Wildman–Crippen MR) is 68.1 cm³/mol. The molecule has 0 amide bonds. The van der Waals surface area contributed by atoms with Crippen molar-refractivity contribution in [1.29, 1.82) is 0 Å². The van der Waals surface area contributed by atoms with Gasteiger partial charge in [0.25, 0.3) is 0 Å². The van der Waals surface area contributed by atoms with Crippen molar-refractivity contribution in [3.63, 3.8) is 0 Å². The zero-order chi connectivity index (χ0) is 14.2. The minimum Gasteiger partial charge on any atom is -0.316 e. The number of nitrogens with zero attached hydrogens (tertiary/aromatic N) is 3. The van der Waals surface area contributed by atoms with Crippen molar-refractivity contribution in [2.75, 3.05) is 26.2 Å². The lowest BCUT2D eigenvalue weighted by Gasteiger charge is -2.22. The van der Waals surface area contributed by atoms with Gasteiger partial charge in [0.2, 0.25) is 0 Å². The van der Waals surface area contributed by atoms with E-state index in [0.29, 0.717) is 12.0 Å². The highest BCUT2D eigenvalue weighted by Gasteiger charge is 2.40. The second kappa shape index (κ2) is 5.04. The van der Waals surface area contributed by atoms with E-state index in [2.05, 4.69) is 15.3 Å². The van der Waals surface area contributed by atoms with Gasteiger partial charge in [-0.1, -0.05) is 0 Å². The Labute approximate surface area is 115 Å². The van der Waals surface area contributed by atoms with E-state index in [1.807, 2.05) is 0 Å². The lowest BCUT2D eigenvalue weighted by atomic mass is 9.87. The molecule has 4 nitrogen and oxygen atoms in total. The van der Waals surface area contributed by atoms with Gasteiger partial charge in [0, 0.05) is 31.4 Å². The standard InChI is InChI=1S/C13H19F3N4/c14-13(15,16)10-20-7-11(5-18-20)6-19-4-2-12(9-19)1-3-17-8-12/h5,7,17H,1-4,6,8-10H2. The van der Waals surface area contributed by atoms with Gasteiger partial charge in [-0.2, -0.15) is 18.3 Å². The minimum atomic E-state index is -4.21. The van der Waals surface area contributed by atoms with E-state index >= 15 is 0 Å². The molecule has 1 atom stereocenters. The Morgan fingerprint density at radius 2 is 2.20 bits per heavy atom. The molecule has 1 spiro atoms. The third kappa shape index (κ3) is 3.15. The molecule has 0 radical (unpaired) electrons. The van der Waals surface area contributed by atoms with Crippen LogP contribution in [0.2, 0.25) is 0 Å². The fraction of sp³-hybridized carbons (Fsp3) is 0.769. The van der Waals surface area contributed by atoms with Gasteiger partial charge < -0.3 is 5.32 Å². The summed E-state index contributed by atoms with van der Waals surface area (Å²) in [5.41, 5.74) is 1.25. The van der Waals surface area contributed by atoms with Gasteiger partial charge >= 0.3 is 6.18 Å². The van der Waals surface area contributed by atoms with Gasteiger partial charge in [-0.05, 0) is 31.3 Å². The highest BCUT2D eigenvalue weighted by molar-refractivity contribution is 5.06. The molecule has 3 rings (SSSR count). The third-order valence-corrected chi connectivity index (χ3v) is 4.28. The number of hydrogen-bond donors (Lipinski definition) is 1. The summed E-state index contributed by atoms with van der Waals surface area (Å²) in [6.07, 6.45) is 1.22. The van der Waals surface area contributed by atoms with Crippen molar-refractivity contribution >= 4 is 0 Å². The van der Waals surface area contributed by atoms with Gasteiger partial charge in [-0.15, -0.1) is 0 Å². The maximum absolute atomic E-state index is 12.3. The fourth-order valence-corrected chi connectivity index (χ4v) is 3.32. The quantitative estimate of drug-likeness (QED) is 0.918. The van der Waals surface area contributed by atoms with Crippen LogP contribution in [0.25, 0.3) is 0 Å². The van der Waals surface area contributed by atoms with E-state index in [9.17, 15) is 13.2 Å². The molecule has 1 aromatic heterocycles. The Morgan fingerprint density at radius 1 is 1.35 bits per heavy atom. The molecule has 2 aliphatic heterocycles. The SMILES string of the molecule is FC(F)(F)Cn1cc(CN2CCC3(CCNC3)C2)cn1. The smallest absolute Gasteiger partial charge is 0.316 e. The van der Waals surface area contributed by atoms with Gasteiger partial charge in [-0.3, -0.25) is 9.58 Å². The molecule has 20 heavy (non-hydrogen) atoms. The second-order valence-corrected chi connectivity index (χ2v) is 6.05. The molecule has 2 saturated heterocycles. The molecule has 0 bridgehead atoms. The van der Waals surface area contributed by atoms with E-state index < -0.39 is 12.7 Å². The monoisotopic (exact) mass is 288 g/mol. The summed E-state index contributed by atoms with van der Waals surface area (Å²) in [5.74, 6) is 0. The largest absolute Gasteiger partial charge is 0.408 e. The second-order valence-electron chi connectivity index (χ2n) is 6.05. The van der Waals surface area contributed by atoms with Crippen molar-refractivity contribution in [2.24, 2.45) is 5.41 Å². The molecule has 0 aromatic carbocycles. The Kier molecular flexibility index (Phi) is 3.50. The highest BCUT2D eigenvalue weighted by atomic mass is 19.4. The number of hydrogen-bond acceptors (Lipinski definition) is 3. The third-order valence-electron chi connectivity index (χ3n) is 4.28. The van der Waals surface area contributed by atoms with E-state index in [1.165, 1.54) is 19.0 Å². The first-order valence-electron chi connectivity index (χ1n) is 6.95. The zero-order valence-electron chi connectivity index (χ0n) is 11.3. The van der Waals surface area contributed by atoms with Crippen molar-refractivity contribution < 1.29 is 13.2 Å². The van der Waals surface area contributed by atoms with Crippen LogP contribution < -0.4 is 5.32 Å². The van der Waals surface area contributed by atoms with E-state index in [0.717, 1.165) is 36.4 Å². The molecule has 1 unspecified atom stereocenters. The lowest BCUT2D eigenvalue weighted by molar-refractivity contribution is -0.142. The van der Waals surface area contributed by atoms with Crippen LogP contribution in [0.3, 0.4) is 0 Å². The van der Waals surface area contributed by atoms with Gasteiger partial charge in [-0.25, -0.2) is 0 Å². The molecular weight excluding hydrogens is 269 g/mol. The molecule has 112 valence electrons. The number of likely N-dealkylation sites (tertiary alicyclic amines) is 1. The Bertz CT molecular complexity index is 462. The first kappa shape index (κ1) is 13.9. The van der Waals surface area contributed by atoms with Crippen LogP contribution in [-0.4, -0.2) is 47.0 Å². The number of nitrogens with one attached hydrogen (secondary N) is 1. The summed E-state index contributed by atoms with van der Waals surface area (Å²) >= 11 is 0.